The van der Waals surface area contributed by atoms with Crippen LogP contribution in [0.15, 0.2) is 58.4 Å². The molecule has 2 aromatic carbocycles. The first kappa shape index (κ1) is 18.1. The Labute approximate surface area is 153 Å². The molecule has 0 spiro atoms. The average Bonchev–Trinajstić information content (AvgIpc) is 3.06. The van der Waals surface area contributed by atoms with Gasteiger partial charge in [0, 0.05) is 6.54 Å². The zero-order chi connectivity index (χ0) is 19.2. The van der Waals surface area contributed by atoms with Gasteiger partial charge in [0.1, 0.15) is 11.6 Å². The van der Waals surface area contributed by atoms with E-state index >= 15 is 0 Å². The Morgan fingerprint density at radius 2 is 1.96 bits per heavy atom. The molecule has 0 aliphatic carbocycles. The van der Waals surface area contributed by atoms with Crippen LogP contribution in [0.5, 0.6) is 5.75 Å². The van der Waals surface area contributed by atoms with Gasteiger partial charge in [-0.05, 0) is 47.5 Å². The van der Waals surface area contributed by atoms with Crippen LogP contribution in [0.4, 0.5) is 4.39 Å². The number of ether oxygens (including phenoxy) is 1. The van der Waals surface area contributed by atoms with E-state index in [0.717, 1.165) is 10.4 Å². The average molecular weight is 369 g/mol. The van der Waals surface area contributed by atoms with Crippen LogP contribution >= 0.6 is 0 Å². The number of benzene rings is 2. The lowest BCUT2D eigenvalue weighted by Crippen LogP contribution is -2.29. The Bertz CT molecular complexity index is 1010. The van der Waals surface area contributed by atoms with E-state index in [2.05, 4.69) is 20.7 Å². The minimum atomic E-state index is -0.684. The summed E-state index contributed by atoms with van der Waals surface area (Å²) >= 11 is 0. The molecular weight excluding hydrogens is 353 g/mol. The smallest absolute Gasteiger partial charge is 0.320 e. The molecule has 138 valence electrons. The maximum absolute atomic E-state index is 12.9. The Hall–Kier alpha value is -3.75. The molecule has 0 unspecified atom stereocenters. The molecule has 8 nitrogen and oxygen atoms in total. The number of nitrogens with one attached hydrogen (secondary N) is 2. The topological polar surface area (TPSA) is 101 Å². The summed E-state index contributed by atoms with van der Waals surface area (Å²) < 4.78 is 17.9. The molecule has 0 saturated heterocycles. The summed E-state index contributed by atoms with van der Waals surface area (Å²) in [7, 11) is 1.57. The number of carbonyl (C=O) groups is 1. The van der Waals surface area contributed by atoms with Crippen LogP contribution in [0.3, 0.4) is 0 Å². The van der Waals surface area contributed by atoms with Gasteiger partial charge in [-0.15, -0.1) is 9.89 Å². The molecule has 27 heavy (non-hydrogen) atoms. The number of carbonyl (C=O) groups excluding carboxylic acids is 1. The molecule has 2 N–H and O–H groups in total. The Morgan fingerprint density at radius 3 is 2.63 bits per heavy atom. The van der Waals surface area contributed by atoms with Crippen molar-refractivity contribution >= 4 is 12.1 Å². The van der Waals surface area contributed by atoms with Gasteiger partial charge in [0.15, 0.2) is 0 Å². The maximum atomic E-state index is 12.9. The lowest BCUT2D eigenvalue weighted by Gasteiger charge is -2.02. The minimum absolute atomic E-state index is 0.139. The van der Waals surface area contributed by atoms with E-state index in [1.165, 1.54) is 30.5 Å². The Kier molecular flexibility index (Phi) is 5.41. The van der Waals surface area contributed by atoms with Crippen molar-refractivity contribution in [3.8, 4) is 5.75 Å². The van der Waals surface area contributed by atoms with E-state index in [9.17, 15) is 14.0 Å². The minimum Gasteiger partial charge on any atom is -0.497 e. The highest BCUT2D eigenvalue weighted by Gasteiger charge is 2.16. The van der Waals surface area contributed by atoms with Crippen LogP contribution < -0.4 is 15.6 Å². The zero-order valence-corrected chi connectivity index (χ0v) is 14.3. The van der Waals surface area contributed by atoms with Crippen LogP contribution in [0.2, 0.25) is 0 Å². The quantitative estimate of drug-likeness (QED) is 0.644. The number of nitrogens with zero attached hydrogens (tertiary/aromatic N) is 3. The number of aromatic amines is 1. The van der Waals surface area contributed by atoms with E-state index < -0.39 is 11.5 Å². The number of aromatic nitrogens is 3. The van der Waals surface area contributed by atoms with Crippen molar-refractivity contribution < 1.29 is 13.9 Å². The molecule has 1 heterocycles. The van der Waals surface area contributed by atoms with Crippen molar-refractivity contribution in [2.75, 3.05) is 7.11 Å². The van der Waals surface area contributed by atoms with Crippen molar-refractivity contribution in [1.29, 1.82) is 0 Å². The van der Waals surface area contributed by atoms with E-state index in [0.29, 0.717) is 11.3 Å². The van der Waals surface area contributed by atoms with Gasteiger partial charge < -0.3 is 10.1 Å². The van der Waals surface area contributed by atoms with Gasteiger partial charge >= 0.3 is 5.56 Å². The second-order valence-corrected chi connectivity index (χ2v) is 5.50. The predicted molar refractivity (Wildman–Crippen MR) is 96.4 cm³/mol. The highest BCUT2D eigenvalue weighted by Crippen LogP contribution is 2.09. The summed E-state index contributed by atoms with van der Waals surface area (Å²) in [6, 6.07) is 12.7. The molecule has 0 bridgehead atoms. The molecule has 0 aliphatic heterocycles. The third-order valence-electron chi connectivity index (χ3n) is 3.67. The summed E-state index contributed by atoms with van der Waals surface area (Å²) in [5.74, 6) is -0.320. The summed E-state index contributed by atoms with van der Waals surface area (Å²) in [6.07, 6.45) is 1.44. The number of H-pyrrole nitrogens is 1. The summed E-state index contributed by atoms with van der Waals surface area (Å²) in [6.45, 7) is 0.139. The van der Waals surface area contributed by atoms with E-state index in [-0.39, 0.29) is 18.1 Å². The molecular formula is C18H16FN5O3. The second kappa shape index (κ2) is 8.09. The monoisotopic (exact) mass is 369 g/mol. The number of rotatable bonds is 6. The number of amides is 1. The number of halogens is 1. The predicted octanol–water partition coefficient (Wildman–Crippen LogP) is 1.53. The third kappa shape index (κ3) is 4.46. The molecule has 0 atom stereocenters. The number of hydrogen-bond donors (Lipinski definition) is 2. The fraction of sp³-hybridized carbons (Fsp3) is 0.111. The first-order valence-electron chi connectivity index (χ1n) is 7.95. The summed E-state index contributed by atoms with van der Waals surface area (Å²) in [4.78, 5) is 25.2. The van der Waals surface area contributed by atoms with Crippen molar-refractivity contribution in [2.24, 2.45) is 5.10 Å². The lowest BCUT2D eigenvalue weighted by atomic mass is 10.2. The number of hydrogen-bond acceptors (Lipinski definition) is 5. The van der Waals surface area contributed by atoms with Crippen molar-refractivity contribution in [1.82, 2.24) is 20.4 Å². The fourth-order valence-electron chi connectivity index (χ4n) is 2.20. The molecule has 3 aromatic rings. The third-order valence-corrected chi connectivity index (χ3v) is 3.67. The Morgan fingerprint density at radius 1 is 1.26 bits per heavy atom. The van der Waals surface area contributed by atoms with Gasteiger partial charge in [-0.25, -0.2) is 4.39 Å². The molecule has 1 aromatic heterocycles. The number of methoxy groups -OCH3 is 1. The normalized spacial score (nSPS) is 10.9. The van der Waals surface area contributed by atoms with E-state index in [4.69, 9.17) is 4.74 Å². The second-order valence-electron chi connectivity index (χ2n) is 5.50. The molecule has 0 fully saturated rings. The zero-order valence-electron chi connectivity index (χ0n) is 14.3. The SMILES string of the molecule is COc1ccc(C=Nn2[nH]nc(C(=O)NCc3ccc(F)cc3)c2=O)cc1. The summed E-state index contributed by atoms with van der Waals surface area (Å²) in [5.41, 5.74) is 0.429. The lowest BCUT2D eigenvalue weighted by molar-refractivity contribution is 0.0944. The Balaban J connectivity index is 1.66. The van der Waals surface area contributed by atoms with Crippen LogP contribution in [0.1, 0.15) is 21.6 Å². The first-order valence-corrected chi connectivity index (χ1v) is 7.95. The van der Waals surface area contributed by atoms with Crippen molar-refractivity contribution in [3.63, 3.8) is 0 Å². The van der Waals surface area contributed by atoms with Gasteiger partial charge in [-0.3, -0.25) is 9.59 Å². The standard InChI is InChI=1S/C18H16FN5O3/c1-27-15-8-4-13(5-9-15)11-21-24-18(26)16(22-23-24)17(25)20-10-12-2-6-14(19)7-3-12/h2-9,11,23H,10H2,1H3,(H,20,25). The van der Waals surface area contributed by atoms with Crippen LogP contribution in [-0.2, 0) is 6.54 Å². The largest absolute Gasteiger partial charge is 0.497 e. The molecule has 0 radical (unpaired) electrons. The first-order chi connectivity index (χ1) is 13.1. The van der Waals surface area contributed by atoms with Crippen LogP contribution in [0, 0.1) is 5.82 Å². The van der Waals surface area contributed by atoms with Gasteiger partial charge in [-0.1, -0.05) is 12.1 Å². The highest BCUT2D eigenvalue weighted by atomic mass is 19.1. The van der Waals surface area contributed by atoms with E-state index in [1.54, 1.807) is 31.4 Å². The fourth-order valence-corrected chi connectivity index (χ4v) is 2.20. The maximum Gasteiger partial charge on any atom is 0.320 e. The molecule has 1 amide bonds. The molecule has 3 rings (SSSR count). The van der Waals surface area contributed by atoms with Gasteiger partial charge in [-0.2, -0.15) is 10.3 Å². The van der Waals surface area contributed by atoms with Gasteiger partial charge in [0.05, 0.1) is 13.3 Å². The molecule has 9 heteroatoms. The van der Waals surface area contributed by atoms with Crippen molar-refractivity contribution in [2.45, 2.75) is 6.54 Å². The summed E-state index contributed by atoms with van der Waals surface area (Å²) in [5, 5.41) is 12.6. The molecule has 0 saturated carbocycles. The van der Waals surface area contributed by atoms with Crippen LogP contribution in [-0.4, -0.2) is 34.3 Å². The van der Waals surface area contributed by atoms with Crippen molar-refractivity contribution in [3.05, 3.63) is 81.5 Å². The van der Waals surface area contributed by atoms with Crippen LogP contribution in [0.25, 0.3) is 0 Å². The van der Waals surface area contributed by atoms with E-state index in [1.807, 2.05) is 0 Å². The van der Waals surface area contributed by atoms with Gasteiger partial charge in [0.2, 0.25) is 5.69 Å². The van der Waals surface area contributed by atoms with Gasteiger partial charge in [0.25, 0.3) is 5.91 Å². The molecule has 0 aliphatic rings. The highest BCUT2D eigenvalue weighted by molar-refractivity contribution is 5.91.